The average molecular weight is 425 g/mol. The quantitative estimate of drug-likeness (QED) is 0.487. The van der Waals surface area contributed by atoms with E-state index in [4.69, 9.17) is 4.74 Å². The fourth-order valence-electron chi connectivity index (χ4n) is 4.28. The Morgan fingerprint density at radius 3 is 2.50 bits per heavy atom. The standard InChI is InChI=1S/C25H24N6O/c1-32-23-9-5-8-21(15-23)30-12-10-29(11-13-30)18-22-14-19-17-27-24(16-26)28-25(19)31(22)20-6-3-2-4-7-20/h2-9,14-15,17H,10-13,18H2,1H3. The van der Waals surface area contributed by atoms with Crippen molar-refractivity contribution >= 4 is 16.7 Å². The van der Waals surface area contributed by atoms with Gasteiger partial charge in [-0.3, -0.25) is 9.47 Å². The Bertz CT molecular complexity index is 1270. The van der Waals surface area contributed by atoms with Crippen LogP contribution in [-0.2, 0) is 6.54 Å². The normalized spacial score (nSPS) is 14.4. The topological polar surface area (TPSA) is 70.2 Å². The first-order valence-electron chi connectivity index (χ1n) is 10.7. The smallest absolute Gasteiger partial charge is 0.234 e. The minimum absolute atomic E-state index is 0.186. The lowest BCUT2D eigenvalue weighted by atomic mass is 10.2. The van der Waals surface area contributed by atoms with E-state index in [9.17, 15) is 5.26 Å². The highest BCUT2D eigenvalue weighted by atomic mass is 16.5. The van der Waals surface area contributed by atoms with Gasteiger partial charge >= 0.3 is 0 Å². The lowest BCUT2D eigenvalue weighted by molar-refractivity contribution is 0.246. The van der Waals surface area contributed by atoms with E-state index in [-0.39, 0.29) is 5.82 Å². The van der Waals surface area contributed by atoms with Gasteiger partial charge in [0.05, 0.1) is 7.11 Å². The minimum Gasteiger partial charge on any atom is -0.497 e. The van der Waals surface area contributed by atoms with Gasteiger partial charge in [0.25, 0.3) is 0 Å². The fraction of sp³-hybridized carbons (Fsp3) is 0.240. The number of hydrogen-bond donors (Lipinski definition) is 0. The number of ether oxygens (including phenoxy) is 1. The molecule has 0 bridgehead atoms. The molecular weight excluding hydrogens is 400 g/mol. The van der Waals surface area contributed by atoms with E-state index in [0.29, 0.717) is 0 Å². The van der Waals surface area contributed by atoms with Gasteiger partial charge in [-0.05, 0) is 30.3 Å². The predicted octanol–water partition coefficient (Wildman–Crippen LogP) is 3.62. The summed E-state index contributed by atoms with van der Waals surface area (Å²) in [5, 5.41) is 10.2. The number of nitrogens with zero attached hydrogens (tertiary/aromatic N) is 6. The maximum Gasteiger partial charge on any atom is 0.234 e. The molecule has 4 aromatic rings. The number of benzene rings is 2. The van der Waals surface area contributed by atoms with Crippen LogP contribution in [0.4, 0.5) is 5.69 Å². The first kappa shape index (κ1) is 20.0. The van der Waals surface area contributed by atoms with Gasteiger partial charge in [0.15, 0.2) is 0 Å². The number of nitriles is 1. The maximum absolute atomic E-state index is 9.27. The van der Waals surface area contributed by atoms with Crippen molar-refractivity contribution in [3.05, 3.63) is 78.4 Å². The van der Waals surface area contributed by atoms with E-state index >= 15 is 0 Å². The molecule has 1 saturated heterocycles. The van der Waals surface area contributed by atoms with Crippen molar-refractivity contribution in [2.24, 2.45) is 0 Å². The van der Waals surface area contributed by atoms with Crippen molar-refractivity contribution < 1.29 is 4.74 Å². The van der Waals surface area contributed by atoms with Crippen molar-refractivity contribution in [3.8, 4) is 17.5 Å². The third-order valence-electron chi connectivity index (χ3n) is 5.91. The predicted molar refractivity (Wildman–Crippen MR) is 124 cm³/mol. The number of para-hydroxylation sites is 1. The summed E-state index contributed by atoms with van der Waals surface area (Å²) in [6, 6.07) is 22.6. The summed E-state index contributed by atoms with van der Waals surface area (Å²) in [6.07, 6.45) is 1.74. The van der Waals surface area contributed by atoms with Crippen molar-refractivity contribution in [2.45, 2.75) is 6.54 Å². The highest BCUT2D eigenvalue weighted by Crippen LogP contribution is 2.26. The van der Waals surface area contributed by atoms with Gasteiger partial charge in [-0.2, -0.15) is 5.26 Å². The summed E-state index contributed by atoms with van der Waals surface area (Å²) in [5.41, 5.74) is 4.15. The number of methoxy groups -OCH3 is 1. The van der Waals surface area contributed by atoms with Crippen molar-refractivity contribution in [1.82, 2.24) is 19.4 Å². The Hall–Kier alpha value is -3.89. The molecule has 0 unspecified atom stereocenters. The van der Waals surface area contributed by atoms with Crippen LogP contribution in [-0.4, -0.2) is 52.7 Å². The van der Waals surface area contributed by atoms with E-state index in [1.807, 2.05) is 30.3 Å². The van der Waals surface area contributed by atoms with Crippen molar-refractivity contribution in [2.75, 3.05) is 38.2 Å². The number of fused-ring (bicyclic) bond motifs is 1. The highest BCUT2D eigenvalue weighted by molar-refractivity contribution is 5.79. The van der Waals surface area contributed by atoms with E-state index in [1.54, 1.807) is 13.3 Å². The van der Waals surface area contributed by atoms with Crippen LogP contribution >= 0.6 is 0 Å². The van der Waals surface area contributed by atoms with E-state index < -0.39 is 0 Å². The average Bonchev–Trinajstić information content (AvgIpc) is 3.21. The first-order chi connectivity index (χ1) is 15.7. The molecule has 1 aliphatic rings. The number of anilines is 1. The second kappa shape index (κ2) is 8.69. The Labute approximate surface area is 187 Å². The van der Waals surface area contributed by atoms with Gasteiger partial charge < -0.3 is 9.64 Å². The Morgan fingerprint density at radius 1 is 0.969 bits per heavy atom. The van der Waals surface area contributed by atoms with E-state index in [1.165, 1.54) is 5.69 Å². The molecular formula is C25H24N6O. The molecule has 0 N–H and O–H groups in total. The molecule has 0 spiro atoms. The summed E-state index contributed by atoms with van der Waals surface area (Å²) in [7, 11) is 1.70. The number of rotatable bonds is 5. The molecule has 1 aliphatic heterocycles. The number of piperazine rings is 1. The molecule has 7 heteroatoms. The zero-order chi connectivity index (χ0) is 21.9. The van der Waals surface area contributed by atoms with Gasteiger partial charge in [0.2, 0.25) is 5.82 Å². The minimum atomic E-state index is 0.186. The van der Waals surface area contributed by atoms with Gasteiger partial charge in [-0.25, -0.2) is 9.97 Å². The molecule has 2 aromatic carbocycles. The number of aromatic nitrogens is 3. The third-order valence-corrected chi connectivity index (χ3v) is 5.91. The van der Waals surface area contributed by atoms with Crippen LogP contribution in [0.25, 0.3) is 16.7 Å². The summed E-state index contributed by atoms with van der Waals surface area (Å²) >= 11 is 0. The second-order valence-corrected chi connectivity index (χ2v) is 7.86. The molecule has 0 amide bonds. The summed E-state index contributed by atoms with van der Waals surface area (Å²) in [4.78, 5) is 13.5. The van der Waals surface area contributed by atoms with Crippen LogP contribution in [0.15, 0.2) is 66.9 Å². The summed E-state index contributed by atoms with van der Waals surface area (Å²) in [5.74, 6) is 1.07. The molecule has 5 rings (SSSR count). The molecule has 160 valence electrons. The molecule has 3 heterocycles. The lowest BCUT2D eigenvalue weighted by Crippen LogP contribution is -2.46. The van der Waals surface area contributed by atoms with Gasteiger partial charge in [0, 0.05) is 67.4 Å². The fourth-order valence-corrected chi connectivity index (χ4v) is 4.28. The SMILES string of the molecule is COc1cccc(N2CCN(Cc3cc4cnc(C#N)nc4n3-c3ccccc3)CC2)c1. The van der Waals surface area contributed by atoms with Crippen molar-refractivity contribution in [1.29, 1.82) is 5.26 Å². The number of hydrogen-bond acceptors (Lipinski definition) is 6. The van der Waals surface area contributed by atoms with E-state index in [0.717, 1.165) is 60.9 Å². The monoisotopic (exact) mass is 424 g/mol. The molecule has 0 radical (unpaired) electrons. The zero-order valence-electron chi connectivity index (χ0n) is 18.0. The van der Waals surface area contributed by atoms with E-state index in [2.05, 4.69) is 60.7 Å². The van der Waals surface area contributed by atoms with Gasteiger partial charge in [0.1, 0.15) is 17.5 Å². The second-order valence-electron chi connectivity index (χ2n) is 7.86. The molecule has 0 aliphatic carbocycles. The van der Waals surface area contributed by atoms with Crippen molar-refractivity contribution in [3.63, 3.8) is 0 Å². The van der Waals surface area contributed by atoms with Crippen LogP contribution in [0.2, 0.25) is 0 Å². The Morgan fingerprint density at radius 2 is 1.75 bits per heavy atom. The third kappa shape index (κ3) is 3.88. The van der Waals surface area contributed by atoms with Crippen LogP contribution in [0, 0.1) is 11.3 Å². The maximum atomic E-state index is 9.27. The lowest BCUT2D eigenvalue weighted by Gasteiger charge is -2.36. The van der Waals surface area contributed by atoms with Gasteiger partial charge in [-0.1, -0.05) is 24.3 Å². The summed E-state index contributed by atoms with van der Waals surface area (Å²) in [6.45, 7) is 4.64. The highest BCUT2D eigenvalue weighted by Gasteiger charge is 2.21. The van der Waals surface area contributed by atoms with Crippen LogP contribution in [0.1, 0.15) is 11.5 Å². The van der Waals surface area contributed by atoms with Crippen LogP contribution < -0.4 is 9.64 Å². The molecule has 7 nitrogen and oxygen atoms in total. The first-order valence-corrected chi connectivity index (χ1v) is 10.7. The zero-order valence-corrected chi connectivity index (χ0v) is 18.0. The Kier molecular flexibility index (Phi) is 5.44. The molecule has 0 saturated carbocycles. The molecule has 1 fully saturated rings. The van der Waals surface area contributed by atoms with Crippen LogP contribution in [0.5, 0.6) is 5.75 Å². The molecule has 2 aromatic heterocycles. The summed E-state index contributed by atoms with van der Waals surface area (Å²) < 4.78 is 7.52. The molecule has 32 heavy (non-hydrogen) atoms. The van der Waals surface area contributed by atoms with Crippen LogP contribution in [0.3, 0.4) is 0 Å². The largest absolute Gasteiger partial charge is 0.497 e. The van der Waals surface area contributed by atoms with Gasteiger partial charge in [-0.15, -0.1) is 0 Å². The Balaban J connectivity index is 1.39. The molecule has 0 atom stereocenters.